The van der Waals surface area contributed by atoms with Crippen LogP contribution in [-0.2, 0) is 6.54 Å². The summed E-state index contributed by atoms with van der Waals surface area (Å²) in [6.07, 6.45) is 2.64. The van der Waals surface area contributed by atoms with Crippen molar-refractivity contribution in [2.24, 2.45) is 0 Å². The van der Waals surface area contributed by atoms with Crippen LogP contribution in [0.15, 0.2) is 46.9 Å². The summed E-state index contributed by atoms with van der Waals surface area (Å²) in [6.45, 7) is 5.34. The molecule has 3 rings (SSSR count). The maximum atomic E-state index is 3.63. The van der Waals surface area contributed by atoms with Crippen LogP contribution in [-0.4, -0.2) is 13.1 Å². The fourth-order valence-electron chi connectivity index (χ4n) is 2.76. The topological polar surface area (TPSA) is 15.3 Å². The fraction of sp³-hybridized carbons (Fsp3) is 0.333. The van der Waals surface area contributed by atoms with E-state index in [0.29, 0.717) is 0 Å². The molecule has 2 nitrogen and oxygen atoms in total. The molecule has 1 N–H and O–H groups in total. The third kappa shape index (κ3) is 3.59. The van der Waals surface area contributed by atoms with Crippen molar-refractivity contribution in [2.45, 2.75) is 26.3 Å². The van der Waals surface area contributed by atoms with Crippen LogP contribution in [0.25, 0.3) is 0 Å². The molecule has 2 aromatic rings. The van der Waals surface area contributed by atoms with Gasteiger partial charge in [-0.1, -0.05) is 28.1 Å². The molecular weight excluding hydrogens is 324 g/mol. The summed E-state index contributed by atoms with van der Waals surface area (Å²) < 4.78 is 1.17. The van der Waals surface area contributed by atoms with E-state index in [1.807, 2.05) is 0 Å². The van der Waals surface area contributed by atoms with E-state index in [2.05, 4.69) is 75.5 Å². The number of nitrogens with one attached hydrogen (secondary N) is 1. The third-order valence-electron chi connectivity index (χ3n) is 4.03. The van der Waals surface area contributed by atoms with Crippen LogP contribution < -0.4 is 10.2 Å². The molecule has 1 heterocycles. The molecule has 1 aliphatic heterocycles. The van der Waals surface area contributed by atoms with Crippen LogP contribution in [0.5, 0.6) is 0 Å². The highest BCUT2D eigenvalue weighted by molar-refractivity contribution is 9.10. The molecule has 0 bridgehead atoms. The van der Waals surface area contributed by atoms with Crippen LogP contribution in [0.3, 0.4) is 0 Å². The number of nitrogens with zero attached hydrogens (tertiary/aromatic N) is 1. The minimum absolute atomic E-state index is 0.837. The molecular formula is C18H21BrN2. The van der Waals surface area contributed by atoms with E-state index in [1.54, 1.807) is 0 Å². The number of halogens is 1. The summed E-state index contributed by atoms with van der Waals surface area (Å²) in [4.78, 5) is 2.46. The smallest absolute Gasteiger partial charge is 0.0411 e. The molecule has 0 radical (unpaired) electrons. The Hall–Kier alpha value is -1.48. The molecule has 0 spiro atoms. The number of hydrogen-bond donors (Lipinski definition) is 1. The number of anilines is 2. The van der Waals surface area contributed by atoms with Gasteiger partial charge in [0.1, 0.15) is 0 Å². The zero-order valence-electron chi connectivity index (χ0n) is 12.4. The molecule has 0 saturated carbocycles. The molecule has 0 aromatic heterocycles. The van der Waals surface area contributed by atoms with Crippen molar-refractivity contribution in [1.82, 2.24) is 0 Å². The lowest BCUT2D eigenvalue weighted by Crippen LogP contribution is -2.17. The van der Waals surface area contributed by atoms with Gasteiger partial charge < -0.3 is 10.2 Å². The Kier molecular flexibility index (Phi) is 4.49. The van der Waals surface area contributed by atoms with Gasteiger partial charge in [0.25, 0.3) is 0 Å². The Bertz CT molecular complexity index is 601. The zero-order chi connectivity index (χ0) is 14.7. The van der Waals surface area contributed by atoms with Gasteiger partial charge in [0.2, 0.25) is 0 Å². The minimum Gasteiger partial charge on any atom is -0.381 e. The second-order valence-corrected chi connectivity index (χ2v) is 6.54. The summed E-state index contributed by atoms with van der Waals surface area (Å²) in [5, 5.41) is 3.49. The summed E-state index contributed by atoms with van der Waals surface area (Å²) in [7, 11) is 0. The molecule has 21 heavy (non-hydrogen) atoms. The lowest BCUT2D eigenvalue weighted by molar-refractivity contribution is 0.949. The first-order valence-corrected chi connectivity index (χ1v) is 8.35. The van der Waals surface area contributed by atoms with E-state index in [-0.39, 0.29) is 0 Å². The van der Waals surface area contributed by atoms with Gasteiger partial charge in [0.15, 0.2) is 0 Å². The van der Waals surface area contributed by atoms with Gasteiger partial charge in [-0.2, -0.15) is 0 Å². The lowest BCUT2D eigenvalue weighted by atomic mass is 10.1. The van der Waals surface area contributed by atoms with Crippen molar-refractivity contribution in [3.8, 4) is 0 Å². The predicted molar refractivity (Wildman–Crippen MR) is 94.1 cm³/mol. The summed E-state index contributed by atoms with van der Waals surface area (Å²) >= 11 is 3.63. The van der Waals surface area contributed by atoms with Crippen molar-refractivity contribution in [2.75, 3.05) is 23.3 Å². The fourth-order valence-corrected chi connectivity index (χ4v) is 3.39. The number of rotatable bonds is 4. The maximum absolute atomic E-state index is 3.63. The first-order chi connectivity index (χ1) is 10.2. The summed E-state index contributed by atoms with van der Waals surface area (Å²) in [5.41, 5.74) is 5.07. The largest absolute Gasteiger partial charge is 0.381 e. The minimum atomic E-state index is 0.837. The van der Waals surface area contributed by atoms with Crippen molar-refractivity contribution in [1.29, 1.82) is 0 Å². The van der Waals surface area contributed by atoms with Crippen molar-refractivity contribution in [3.05, 3.63) is 58.1 Å². The first-order valence-electron chi connectivity index (χ1n) is 7.56. The van der Waals surface area contributed by atoms with Crippen LogP contribution in [0.1, 0.15) is 24.0 Å². The highest BCUT2D eigenvalue weighted by Crippen LogP contribution is 2.23. The quantitative estimate of drug-likeness (QED) is 0.842. The predicted octanol–water partition coefficient (Wildman–Crippen LogP) is 4.97. The molecule has 1 aliphatic rings. The Balaban J connectivity index is 1.62. The molecule has 110 valence electrons. The number of benzene rings is 2. The molecule has 0 unspecified atom stereocenters. The molecule has 1 fully saturated rings. The van der Waals surface area contributed by atoms with Crippen LogP contribution in [0, 0.1) is 6.92 Å². The molecule has 0 aliphatic carbocycles. The van der Waals surface area contributed by atoms with Gasteiger partial charge in [-0.3, -0.25) is 0 Å². The number of hydrogen-bond acceptors (Lipinski definition) is 2. The van der Waals surface area contributed by atoms with Gasteiger partial charge in [-0.15, -0.1) is 0 Å². The van der Waals surface area contributed by atoms with Crippen molar-refractivity contribution < 1.29 is 0 Å². The molecule has 0 amide bonds. The average Bonchev–Trinajstić information content (AvgIpc) is 3.01. The van der Waals surface area contributed by atoms with E-state index in [4.69, 9.17) is 0 Å². The van der Waals surface area contributed by atoms with Gasteiger partial charge in [-0.05, 0) is 61.2 Å². The lowest BCUT2D eigenvalue weighted by Gasteiger charge is -2.18. The van der Waals surface area contributed by atoms with Crippen LogP contribution in [0.2, 0.25) is 0 Å². The zero-order valence-corrected chi connectivity index (χ0v) is 14.0. The molecule has 2 aromatic carbocycles. The van der Waals surface area contributed by atoms with Crippen LogP contribution in [0.4, 0.5) is 11.4 Å². The Morgan fingerprint density at radius 2 is 1.76 bits per heavy atom. The van der Waals surface area contributed by atoms with E-state index >= 15 is 0 Å². The van der Waals surface area contributed by atoms with E-state index in [9.17, 15) is 0 Å². The number of aryl methyl sites for hydroxylation is 1. The Labute approximate surface area is 135 Å². The molecule has 3 heteroatoms. The highest BCUT2D eigenvalue weighted by Gasteiger charge is 2.11. The van der Waals surface area contributed by atoms with Gasteiger partial charge in [0, 0.05) is 35.5 Å². The second-order valence-electron chi connectivity index (χ2n) is 5.69. The standard InChI is InChI=1S/C18H21BrN2/c1-14-4-5-15(18(19)12-14)13-20-16-6-8-17(9-7-16)21-10-2-3-11-21/h4-9,12,20H,2-3,10-11,13H2,1H3. The van der Waals surface area contributed by atoms with E-state index in [0.717, 1.165) is 6.54 Å². The highest BCUT2D eigenvalue weighted by atomic mass is 79.9. The van der Waals surface area contributed by atoms with Gasteiger partial charge in [-0.25, -0.2) is 0 Å². The Morgan fingerprint density at radius 1 is 1.05 bits per heavy atom. The molecule has 0 atom stereocenters. The first kappa shape index (κ1) is 14.5. The van der Waals surface area contributed by atoms with E-state index < -0.39 is 0 Å². The SMILES string of the molecule is Cc1ccc(CNc2ccc(N3CCCC3)cc2)c(Br)c1. The monoisotopic (exact) mass is 344 g/mol. The van der Waals surface area contributed by atoms with Crippen LogP contribution >= 0.6 is 15.9 Å². The van der Waals surface area contributed by atoms with Crippen molar-refractivity contribution >= 4 is 27.3 Å². The van der Waals surface area contributed by atoms with Gasteiger partial charge in [0.05, 0.1) is 0 Å². The van der Waals surface area contributed by atoms with Crippen molar-refractivity contribution in [3.63, 3.8) is 0 Å². The van der Waals surface area contributed by atoms with E-state index in [1.165, 1.54) is 52.9 Å². The summed E-state index contributed by atoms with van der Waals surface area (Å²) in [6, 6.07) is 15.3. The molecule has 1 saturated heterocycles. The summed E-state index contributed by atoms with van der Waals surface area (Å²) in [5.74, 6) is 0. The average molecular weight is 345 g/mol. The second kappa shape index (κ2) is 6.52. The maximum Gasteiger partial charge on any atom is 0.0411 e. The Morgan fingerprint density at radius 3 is 2.43 bits per heavy atom. The normalized spacial score (nSPS) is 14.5. The third-order valence-corrected chi connectivity index (χ3v) is 4.77. The van der Waals surface area contributed by atoms with Gasteiger partial charge >= 0.3 is 0 Å².